The molecule has 18 heavy (non-hydrogen) atoms. The fourth-order valence-electron chi connectivity index (χ4n) is 2.67. The molecule has 1 N–H and O–H groups in total. The van der Waals surface area contributed by atoms with Crippen LogP contribution in [0.2, 0.25) is 0 Å². The van der Waals surface area contributed by atoms with Crippen LogP contribution in [0.25, 0.3) is 0 Å². The van der Waals surface area contributed by atoms with Crippen LogP contribution in [0.15, 0.2) is 11.7 Å². The molecule has 1 aromatic rings. The zero-order chi connectivity index (χ0) is 13.0. The smallest absolute Gasteiger partial charge is 0.0794 e. The van der Waals surface area contributed by atoms with Crippen LogP contribution in [0.1, 0.15) is 44.5 Å². The van der Waals surface area contributed by atoms with E-state index in [1.807, 2.05) is 11.7 Å². The summed E-state index contributed by atoms with van der Waals surface area (Å²) < 4.78 is 0. The monoisotopic (exact) mass is 267 g/mol. The standard InChI is InChI=1S/C14H25N3S/c1-11(2)8-17(9-13-5-4-6-16-13)12(3)14-7-15-10-18-14/h7,10-13,16H,4-6,8-9H2,1-3H3. The van der Waals surface area contributed by atoms with Gasteiger partial charge in [-0.3, -0.25) is 9.88 Å². The molecule has 2 unspecified atom stereocenters. The van der Waals surface area contributed by atoms with Gasteiger partial charge in [-0.1, -0.05) is 13.8 Å². The summed E-state index contributed by atoms with van der Waals surface area (Å²) in [5.41, 5.74) is 1.94. The summed E-state index contributed by atoms with van der Waals surface area (Å²) in [5, 5.41) is 3.61. The molecular formula is C14H25N3S. The summed E-state index contributed by atoms with van der Waals surface area (Å²) in [6, 6.07) is 1.17. The first-order chi connectivity index (χ1) is 8.66. The molecule has 1 fully saturated rings. The van der Waals surface area contributed by atoms with Gasteiger partial charge in [0.2, 0.25) is 0 Å². The maximum atomic E-state index is 4.21. The summed E-state index contributed by atoms with van der Waals surface area (Å²) in [6.45, 7) is 10.4. The van der Waals surface area contributed by atoms with Crippen molar-refractivity contribution in [2.24, 2.45) is 5.92 Å². The lowest BCUT2D eigenvalue weighted by Crippen LogP contribution is -2.40. The van der Waals surface area contributed by atoms with Gasteiger partial charge >= 0.3 is 0 Å². The second kappa shape index (κ2) is 6.64. The lowest BCUT2D eigenvalue weighted by Gasteiger charge is -2.32. The lowest BCUT2D eigenvalue weighted by molar-refractivity contribution is 0.173. The van der Waals surface area contributed by atoms with Crippen molar-refractivity contribution in [3.8, 4) is 0 Å². The van der Waals surface area contributed by atoms with Gasteiger partial charge in [-0.05, 0) is 32.2 Å². The number of hydrogen-bond acceptors (Lipinski definition) is 4. The van der Waals surface area contributed by atoms with Crippen molar-refractivity contribution in [2.45, 2.75) is 45.7 Å². The summed E-state index contributed by atoms with van der Waals surface area (Å²) in [6.07, 6.45) is 4.67. The Balaban J connectivity index is 1.99. The normalized spacial score (nSPS) is 21.9. The average Bonchev–Trinajstić information content (AvgIpc) is 2.99. The molecule has 0 radical (unpaired) electrons. The zero-order valence-corrected chi connectivity index (χ0v) is 12.5. The summed E-state index contributed by atoms with van der Waals surface area (Å²) in [4.78, 5) is 8.21. The first-order valence-electron chi connectivity index (χ1n) is 7.02. The molecule has 2 atom stereocenters. The van der Waals surface area contributed by atoms with Crippen molar-refractivity contribution in [1.29, 1.82) is 0 Å². The second-order valence-electron chi connectivity index (χ2n) is 5.72. The fraction of sp³-hybridized carbons (Fsp3) is 0.786. The number of aromatic nitrogens is 1. The van der Waals surface area contributed by atoms with Gasteiger partial charge in [0.05, 0.1) is 5.51 Å². The van der Waals surface area contributed by atoms with Crippen LogP contribution in [0, 0.1) is 5.92 Å². The lowest BCUT2D eigenvalue weighted by atomic mass is 10.1. The minimum absolute atomic E-state index is 0.488. The van der Waals surface area contributed by atoms with E-state index in [1.165, 1.54) is 24.3 Å². The number of nitrogens with zero attached hydrogens (tertiary/aromatic N) is 2. The minimum Gasteiger partial charge on any atom is -0.313 e. The molecule has 0 aromatic carbocycles. The zero-order valence-electron chi connectivity index (χ0n) is 11.7. The van der Waals surface area contributed by atoms with Crippen molar-refractivity contribution in [3.05, 3.63) is 16.6 Å². The molecule has 0 bridgehead atoms. The maximum Gasteiger partial charge on any atom is 0.0794 e. The molecule has 0 aliphatic carbocycles. The third-order valence-corrected chi connectivity index (χ3v) is 4.57. The summed E-state index contributed by atoms with van der Waals surface area (Å²) in [7, 11) is 0. The Morgan fingerprint density at radius 2 is 2.33 bits per heavy atom. The number of thiazole rings is 1. The highest BCUT2D eigenvalue weighted by Gasteiger charge is 2.23. The van der Waals surface area contributed by atoms with E-state index in [0.29, 0.717) is 18.0 Å². The van der Waals surface area contributed by atoms with Crippen LogP contribution in [0.4, 0.5) is 0 Å². The molecule has 2 rings (SSSR count). The highest BCUT2D eigenvalue weighted by atomic mass is 32.1. The van der Waals surface area contributed by atoms with Crippen molar-refractivity contribution >= 4 is 11.3 Å². The van der Waals surface area contributed by atoms with Crippen LogP contribution < -0.4 is 5.32 Å². The average molecular weight is 267 g/mol. The number of nitrogens with one attached hydrogen (secondary N) is 1. The van der Waals surface area contributed by atoms with Crippen LogP contribution in [0.5, 0.6) is 0 Å². The molecule has 0 saturated carbocycles. The predicted molar refractivity (Wildman–Crippen MR) is 78.0 cm³/mol. The molecule has 0 amide bonds. The largest absolute Gasteiger partial charge is 0.313 e. The Labute approximate surface area is 115 Å². The van der Waals surface area contributed by atoms with Crippen LogP contribution in [-0.2, 0) is 0 Å². The van der Waals surface area contributed by atoms with E-state index in [1.54, 1.807) is 11.3 Å². The van der Waals surface area contributed by atoms with Gasteiger partial charge in [-0.2, -0.15) is 0 Å². The quantitative estimate of drug-likeness (QED) is 0.859. The molecule has 2 heterocycles. The van der Waals surface area contributed by atoms with Crippen LogP contribution in [0.3, 0.4) is 0 Å². The SMILES string of the molecule is CC(C)CN(CC1CCCN1)C(C)c1cncs1. The van der Waals surface area contributed by atoms with E-state index in [4.69, 9.17) is 0 Å². The van der Waals surface area contributed by atoms with Crippen molar-refractivity contribution in [2.75, 3.05) is 19.6 Å². The van der Waals surface area contributed by atoms with Crippen molar-refractivity contribution < 1.29 is 0 Å². The van der Waals surface area contributed by atoms with Gasteiger partial charge in [0, 0.05) is 36.2 Å². The Morgan fingerprint density at radius 1 is 1.50 bits per heavy atom. The molecule has 102 valence electrons. The number of hydrogen-bond donors (Lipinski definition) is 1. The van der Waals surface area contributed by atoms with Gasteiger partial charge in [-0.25, -0.2) is 0 Å². The molecule has 1 aliphatic heterocycles. The number of rotatable bonds is 6. The first-order valence-corrected chi connectivity index (χ1v) is 7.90. The van der Waals surface area contributed by atoms with E-state index < -0.39 is 0 Å². The molecule has 4 heteroatoms. The van der Waals surface area contributed by atoms with Crippen molar-refractivity contribution in [1.82, 2.24) is 15.2 Å². The Hall–Kier alpha value is -0.450. The minimum atomic E-state index is 0.488. The summed E-state index contributed by atoms with van der Waals surface area (Å²) >= 11 is 1.77. The fourth-order valence-corrected chi connectivity index (χ4v) is 3.38. The Kier molecular flexibility index (Phi) is 5.15. The van der Waals surface area contributed by atoms with Crippen LogP contribution >= 0.6 is 11.3 Å². The highest BCUT2D eigenvalue weighted by molar-refractivity contribution is 7.09. The molecule has 3 nitrogen and oxygen atoms in total. The van der Waals surface area contributed by atoms with Gasteiger partial charge in [0.25, 0.3) is 0 Å². The first kappa shape index (κ1) is 14.0. The van der Waals surface area contributed by atoms with Gasteiger partial charge in [-0.15, -0.1) is 11.3 Å². The van der Waals surface area contributed by atoms with Gasteiger partial charge in [0.1, 0.15) is 0 Å². The Bertz CT molecular complexity index is 331. The molecule has 1 aliphatic rings. The van der Waals surface area contributed by atoms with Gasteiger partial charge in [0.15, 0.2) is 0 Å². The maximum absolute atomic E-state index is 4.21. The third-order valence-electron chi connectivity index (χ3n) is 3.63. The van der Waals surface area contributed by atoms with Crippen molar-refractivity contribution in [3.63, 3.8) is 0 Å². The predicted octanol–water partition coefficient (Wildman–Crippen LogP) is 2.91. The van der Waals surface area contributed by atoms with Gasteiger partial charge < -0.3 is 5.32 Å². The molecule has 1 aromatic heterocycles. The highest BCUT2D eigenvalue weighted by Crippen LogP contribution is 2.25. The molecular weight excluding hydrogens is 242 g/mol. The van der Waals surface area contributed by atoms with E-state index in [9.17, 15) is 0 Å². The van der Waals surface area contributed by atoms with E-state index in [2.05, 4.69) is 36.0 Å². The molecule has 1 saturated heterocycles. The van der Waals surface area contributed by atoms with Crippen LogP contribution in [-0.4, -0.2) is 35.6 Å². The molecule has 0 spiro atoms. The topological polar surface area (TPSA) is 28.2 Å². The second-order valence-corrected chi connectivity index (χ2v) is 6.64. The van der Waals surface area contributed by atoms with E-state index in [-0.39, 0.29) is 0 Å². The van der Waals surface area contributed by atoms with E-state index in [0.717, 1.165) is 13.1 Å². The Morgan fingerprint density at radius 3 is 2.89 bits per heavy atom. The third kappa shape index (κ3) is 3.77. The summed E-state index contributed by atoms with van der Waals surface area (Å²) in [5.74, 6) is 0.710. The van der Waals surface area contributed by atoms with E-state index >= 15 is 0 Å².